The van der Waals surface area contributed by atoms with E-state index in [0.29, 0.717) is 45.6 Å². The van der Waals surface area contributed by atoms with Crippen LogP contribution in [-0.2, 0) is 20.7 Å². The van der Waals surface area contributed by atoms with Crippen molar-refractivity contribution in [2.75, 3.05) is 7.05 Å². The number of fused-ring (bicyclic) bond motifs is 3. The highest BCUT2D eigenvalue weighted by Crippen LogP contribution is 2.42. The number of alkyl halides is 2. The molecule has 1 amide bonds. The maximum atomic E-state index is 16.5. The number of carbonyl (C=O) groups is 1. The largest absolute Gasteiger partial charge is 0.490 e. The van der Waals surface area contributed by atoms with Crippen LogP contribution in [0.5, 0.6) is 5.75 Å². The second kappa shape index (κ2) is 11.7. The molecule has 43 heavy (non-hydrogen) atoms. The summed E-state index contributed by atoms with van der Waals surface area (Å²) in [7, 11) is -3.45. The highest BCUT2D eigenvalue weighted by atomic mass is 79.9. The summed E-state index contributed by atoms with van der Waals surface area (Å²) in [5.74, 6) is -4.00. The number of carbonyl (C=O) groups excluding carboxylic acids is 1. The molecule has 11 heteroatoms. The highest BCUT2D eigenvalue weighted by molar-refractivity contribution is 9.10. The molecule has 3 aromatic rings. The summed E-state index contributed by atoms with van der Waals surface area (Å²) in [6.45, 7) is 0. The fraction of sp³-hybridized carbons (Fsp3) is 0.469. The number of piperidine rings is 1. The second-order valence-corrected chi connectivity index (χ2v) is 15.0. The quantitative estimate of drug-likeness (QED) is 0.308. The van der Waals surface area contributed by atoms with Crippen molar-refractivity contribution in [1.82, 2.24) is 9.21 Å². The van der Waals surface area contributed by atoms with Gasteiger partial charge in [-0.15, -0.1) is 0 Å². The molecule has 0 radical (unpaired) electrons. The molecule has 230 valence electrons. The molecule has 3 atom stereocenters. The minimum absolute atomic E-state index is 0.116. The molecule has 1 saturated carbocycles. The van der Waals surface area contributed by atoms with Crippen LogP contribution in [0.15, 0.2) is 70.0 Å². The lowest BCUT2D eigenvalue weighted by atomic mass is 9.94. The van der Waals surface area contributed by atoms with Gasteiger partial charge in [0.15, 0.2) is 6.04 Å². The van der Waals surface area contributed by atoms with Crippen LogP contribution in [0.3, 0.4) is 0 Å². The van der Waals surface area contributed by atoms with Crippen LogP contribution in [0.1, 0.15) is 56.9 Å². The fourth-order valence-electron chi connectivity index (χ4n) is 7.03. The summed E-state index contributed by atoms with van der Waals surface area (Å²) in [4.78, 5) is 15.5. The lowest BCUT2D eigenvalue weighted by Gasteiger charge is -2.42. The summed E-state index contributed by atoms with van der Waals surface area (Å²) in [5.41, 5.74) is 5.74. The minimum atomic E-state index is -4.53. The molecular formula is C32H36BrF2N3O4S. The van der Waals surface area contributed by atoms with Crippen molar-refractivity contribution in [3.05, 3.63) is 70.7 Å². The van der Waals surface area contributed by atoms with Crippen LogP contribution in [0, 0.1) is 0 Å². The molecule has 2 aliphatic heterocycles. The first kappa shape index (κ1) is 30.4. The predicted molar refractivity (Wildman–Crippen MR) is 164 cm³/mol. The molecular weight excluding hydrogens is 640 g/mol. The molecule has 0 aromatic heterocycles. The van der Waals surface area contributed by atoms with E-state index < -0.39 is 33.5 Å². The van der Waals surface area contributed by atoms with E-state index in [1.54, 1.807) is 18.2 Å². The van der Waals surface area contributed by atoms with Crippen molar-refractivity contribution in [3.63, 3.8) is 0 Å². The normalized spacial score (nSPS) is 23.7. The van der Waals surface area contributed by atoms with Crippen LogP contribution in [0.4, 0.5) is 8.78 Å². The van der Waals surface area contributed by atoms with Crippen molar-refractivity contribution in [1.29, 1.82) is 0 Å². The van der Waals surface area contributed by atoms with Gasteiger partial charge >= 0.3 is 0 Å². The predicted octanol–water partition coefficient (Wildman–Crippen LogP) is 6.19. The Balaban J connectivity index is 1.35. The Bertz CT molecular complexity index is 1600. The van der Waals surface area contributed by atoms with Gasteiger partial charge in [-0.05, 0) is 98.5 Å². The molecule has 3 fully saturated rings. The summed E-state index contributed by atoms with van der Waals surface area (Å²) in [6.07, 6.45) is 6.82. The number of benzene rings is 3. The van der Waals surface area contributed by atoms with E-state index in [0.717, 1.165) is 38.1 Å². The first-order valence-corrected chi connectivity index (χ1v) is 17.1. The van der Waals surface area contributed by atoms with Gasteiger partial charge < -0.3 is 15.4 Å². The zero-order valence-electron chi connectivity index (χ0n) is 24.0. The Kier molecular flexibility index (Phi) is 8.29. The Labute approximate surface area is 259 Å². The van der Waals surface area contributed by atoms with Crippen LogP contribution in [-0.4, -0.2) is 60.8 Å². The number of amides is 1. The third-order valence-corrected chi connectivity index (χ3v) is 11.6. The van der Waals surface area contributed by atoms with Gasteiger partial charge in [0.05, 0.1) is 11.0 Å². The summed E-state index contributed by atoms with van der Waals surface area (Å²) in [6, 6.07) is 12.3. The standard InChI is InChI=1S/C32H36BrF2N3O4S/c1-37(43(40,41)29-15-7-20-16-28(14-6-21(20)17-29)42-27-4-2-3-5-27)30(32(34,35)22-8-10-23(33)11-9-22)31(39)38-25-12-13-26(38)19-24(36)18-25/h6-11,14-17,24-27,30H,2-5,12-13,18-19,36H2,1H3/t24?,25?,26?,30-/m0/s1. The molecule has 2 bridgehead atoms. The third-order valence-electron chi connectivity index (χ3n) is 9.26. The molecule has 7 nitrogen and oxygen atoms in total. The number of rotatable bonds is 8. The Hall–Kier alpha value is -2.60. The number of likely N-dealkylation sites (N-methyl/N-ethyl adjacent to an activating group) is 1. The lowest BCUT2D eigenvalue weighted by Crippen LogP contribution is -2.61. The summed E-state index contributed by atoms with van der Waals surface area (Å²) >= 11 is 3.26. The Morgan fingerprint density at radius 1 is 0.977 bits per heavy atom. The SMILES string of the molecule is CN([C@@H](C(=O)N1C2CCC1CC(N)C2)C(F)(F)c1ccc(Br)cc1)S(=O)(=O)c1ccc2cc(OC3CCCC3)ccc2c1. The topological polar surface area (TPSA) is 92.9 Å². The average Bonchev–Trinajstić information content (AvgIpc) is 3.58. The van der Waals surface area contributed by atoms with Crippen LogP contribution in [0.25, 0.3) is 10.8 Å². The van der Waals surface area contributed by atoms with Crippen LogP contribution < -0.4 is 10.5 Å². The van der Waals surface area contributed by atoms with Gasteiger partial charge in [0.25, 0.3) is 5.92 Å². The van der Waals surface area contributed by atoms with Crippen LogP contribution >= 0.6 is 15.9 Å². The fourth-order valence-corrected chi connectivity index (χ4v) is 8.64. The zero-order valence-corrected chi connectivity index (χ0v) is 26.4. The van der Waals surface area contributed by atoms with Crippen molar-refractivity contribution < 1.29 is 26.7 Å². The first-order valence-electron chi connectivity index (χ1n) is 14.9. The van der Waals surface area contributed by atoms with E-state index in [9.17, 15) is 13.2 Å². The smallest absolute Gasteiger partial charge is 0.298 e. The van der Waals surface area contributed by atoms with E-state index >= 15 is 8.78 Å². The van der Waals surface area contributed by atoms with Gasteiger partial charge in [0.2, 0.25) is 15.9 Å². The molecule has 3 aromatic carbocycles. The molecule has 6 rings (SSSR count). The van der Waals surface area contributed by atoms with Gasteiger partial charge in [0, 0.05) is 35.2 Å². The number of sulfonamides is 1. The van der Waals surface area contributed by atoms with E-state index in [4.69, 9.17) is 10.5 Å². The number of nitrogens with two attached hydrogens (primary N) is 1. The number of halogens is 3. The minimum Gasteiger partial charge on any atom is -0.490 e. The van der Waals surface area contributed by atoms with E-state index in [1.165, 1.54) is 41.3 Å². The van der Waals surface area contributed by atoms with Gasteiger partial charge in [-0.2, -0.15) is 13.1 Å². The van der Waals surface area contributed by atoms with Crippen molar-refractivity contribution in [2.24, 2.45) is 5.73 Å². The number of nitrogens with zero attached hydrogens (tertiary/aromatic N) is 2. The van der Waals surface area contributed by atoms with E-state index in [-0.39, 0.29) is 29.1 Å². The molecule has 3 aliphatic rings. The number of ether oxygens (including phenoxy) is 1. The van der Waals surface area contributed by atoms with E-state index in [1.807, 2.05) is 6.07 Å². The molecule has 0 spiro atoms. The molecule has 2 N–H and O–H groups in total. The van der Waals surface area contributed by atoms with Gasteiger partial charge in [-0.25, -0.2) is 8.42 Å². The summed E-state index contributed by atoms with van der Waals surface area (Å²) in [5, 5.41) is 1.39. The van der Waals surface area contributed by atoms with Gasteiger partial charge in [0.1, 0.15) is 5.75 Å². The average molecular weight is 677 g/mol. The highest BCUT2D eigenvalue weighted by Gasteiger charge is 2.56. The first-order chi connectivity index (χ1) is 20.4. The van der Waals surface area contributed by atoms with Crippen molar-refractivity contribution in [2.45, 2.75) is 92.5 Å². The van der Waals surface area contributed by atoms with Gasteiger partial charge in [-0.1, -0.05) is 40.2 Å². The van der Waals surface area contributed by atoms with E-state index in [2.05, 4.69) is 15.9 Å². The third kappa shape index (κ3) is 5.81. The Morgan fingerprint density at radius 3 is 2.23 bits per heavy atom. The van der Waals surface area contributed by atoms with Crippen molar-refractivity contribution in [3.8, 4) is 5.75 Å². The van der Waals surface area contributed by atoms with Crippen LogP contribution in [0.2, 0.25) is 0 Å². The maximum Gasteiger partial charge on any atom is 0.298 e. The Morgan fingerprint density at radius 2 is 1.58 bits per heavy atom. The zero-order chi connectivity index (χ0) is 30.5. The lowest BCUT2D eigenvalue weighted by molar-refractivity contribution is -0.154. The molecule has 2 unspecified atom stereocenters. The molecule has 1 aliphatic carbocycles. The molecule has 2 heterocycles. The maximum absolute atomic E-state index is 16.5. The number of hydrogen-bond donors (Lipinski definition) is 1. The summed E-state index contributed by atoms with van der Waals surface area (Å²) < 4.78 is 68.2. The van der Waals surface area contributed by atoms with Gasteiger partial charge in [-0.3, -0.25) is 4.79 Å². The monoisotopic (exact) mass is 675 g/mol. The second-order valence-electron chi connectivity index (χ2n) is 12.1. The number of hydrogen-bond acceptors (Lipinski definition) is 5. The molecule has 2 saturated heterocycles. The van der Waals surface area contributed by atoms with Crippen molar-refractivity contribution >= 4 is 42.6 Å².